The van der Waals surface area contributed by atoms with Gasteiger partial charge in [-0.15, -0.1) is 0 Å². The molecule has 0 N–H and O–H groups in total. The maximum Gasteiger partial charge on any atom is 0.0749 e. The maximum atomic E-state index is 2.63. The zero-order valence-electron chi connectivity index (χ0n) is 11.4. The van der Waals surface area contributed by atoms with Gasteiger partial charge in [0.2, 0.25) is 0 Å². The van der Waals surface area contributed by atoms with Crippen LogP contribution in [0.4, 0.5) is 0 Å². The molecule has 100 valence electrons. The van der Waals surface area contributed by atoms with Crippen molar-refractivity contribution in [1.29, 1.82) is 0 Å². The molecular formula is C17H22N2. The molecule has 0 amide bonds. The standard InChI is InChI=1S/C17H22N2/c1-3-9-16(10-4-1)17-11-5-2-6-14-19(17)15-18-12-7-8-13-18/h1,3-4,7-10,12-13,17H,2,5-6,11,14-15H2/t17-/m1/s1. The minimum Gasteiger partial charge on any atom is -0.341 e. The van der Waals surface area contributed by atoms with Crippen molar-refractivity contribution in [3.63, 3.8) is 0 Å². The van der Waals surface area contributed by atoms with Crippen molar-refractivity contribution in [2.24, 2.45) is 0 Å². The maximum absolute atomic E-state index is 2.63. The van der Waals surface area contributed by atoms with Crippen LogP contribution in [0.15, 0.2) is 54.9 Å². The quantitative estimate of drug-likeness (QED) is 0.802. The zero-order valence-corrected chi connectivity index (χ0v) is 11.4. The molecule has 0 saturated carbocycles. The van der Waals surface area contributed by atoms with Gasteiger partial charge in [-0.1, -0.05) is 43.2 Å². The van der Waals surface area contributed by atoms with Gasteiger partial charge in [0.15, 0.2) is 0 Å². The van der Waals surface area contributed by atoms with E-state index < -0.39 is 0 Å². The molecule has 0 spiro atoms. The van der Waals surface area contributed by atoms with Gasteiger partial charge in [-0.25, -0.2) is 0 Å². The summed E-state index contributed by atoms with van der Waals surface area (Å²) in [5.74, 6) is 0. The van der Waals surface area contributed by atoms with E-state index in [1.54, 1.807) is 0 Å². The molecule has 1 aliphatic rings. The summed E-state index contributed by atoms with van der Waals surface area (Å²) >= 11 is 0. The Hall–Kier alpha value is -1.54. The highest BCUT2D eigenvalue weighted by Gasteiger charge is 2.22. The highest BCUT2D eigenvalue weighted by atomic mass is 15.3. The van der Waals surface area contributed by atoms with Gasteiger partial charge in [-0.2, -0.15) is 0 Å². The van der Waals surface area contributed by atoms with E-state index >= 15 is 0 Å². The molecule has 19 heavy (non-hydrogen) atoms. The first kappa shape index (κ1) is 12.5. The lowest BCUT2D eigenvalue weighted by Gasteiger charge is -2.30. The van der Waals surface area contributed by atoms with Crippen LogP contribution in [0.1, 0.15) is 37.3 Å². The van der Waals surface area contributed by atoms with Crippen molar-refractivity contribution in [1.82, 2.24) is 9.47 Å². The van der Waals surface area contributed by atoms with Gasteiger partial charge in [0.1, 0.15) is 0 Å². The average molecular weight is 254 g/mol. The highest BCUT2D eigenvalue weighted by molar-refractivity contribution is 5.19. The largest absolute Gasteiger partial charge is 0.341 e. The second-order valence-corrected chi connectivity index (χ2v) is 5.43. The third kappa shape index (κ3) is 3.07. The van der Waals surface area contributed by atoms with Crippen molar-refractivity contribution < 1.29 is 0 Å². The van der Waals surface area contributed by atoms with Crippen LogP contribution in [-0.2, 0) is 6.67 Å². The fourth-order valence-electron chi connectivity index (χ4n) is 3.06. The molecule has 0 radical (unpaired) electrons. The SMILES string of the molecule is c1ccc([C@H]2CCCCCN2Cn2cccc2)cc1. The van der Waals surface area contributed by atoms with Crippen LogP contribution in [0.3, 0.4) is 0 Å². The molecule has 1 aromatic heterocycles. The van der Waals surface area contributed by atoms with E-state index in [9.17, 15) is 0 Å². The molecule has 3 rings (SSSR count). The summed E-state index contributed by atoms with van der Waals surface area (Å²) in [5.41, 5.74) is 1.47. The molecule has 2 aromatic rings. The molecule has 0 unspecified atom stereocenters. The molecule has 2 heterocycles. The topological polar surface area (TPSA) is 8.17 Å². The van der Waals surface area contributed by atoms with Crippen LogP contribution in [0.5, 0.6) is 0 Å². The first-order valence-corrected chi connectivity index (χ1v) is 7.33. The summed E-state index contributed by atoms with van der Waals surface area (Å²) in [7, 11) is 0. The van der Waals surface area contributed by atoms with Crippen molar-refractivity contribution in [3.05, 3.63) is 60.4 Å². The average Bonchev–Trinajstić information content (AvgIpc) is 2.85. The first-order valence-electron chi connectivity index (χ1n) is 7.33. The third-order valence-electron chi connectivity index (χ3n) is 4.06. The fourth-order valence-corrected chi connectivity index (χ4v) is 3.06. The Morgan fingerprint density at radius 2 is 1.68 bits per heavy atom. The van der Waals surface area contributed by atoms with Gasteiger partial charge in [0, 0.05) is 25.0 Å². The van der Waals surface area contributed by atoms with Crippen molar-refractivity contribution in [2.45, 2.75) is 38.4 Å². The van der Waals surface area contributed by atoms with E-state index in [1.165, 1.54) is 37.8 Å². The number of nitrogens with zero attached hydrogens (tertiary/aromatic N) is 2. The van der Waals surface area contributed by atoms with Crippen molar-refractivity contribution in [2.75, 3.05) is 6.54 Å². The molecule has 1 aliphatic heterocycles. The number of hydrogen-bond donors (Lipinski definition) is 0. The Kier molecular flexibility index (Phi) is 3.99. The van der Waals surface area contributed by atoms with E-state index in [2.05, 4.69) is 64.3 Å². The fraction of sp³-hybridized carbons (Fsp3) is 0.412. The van der Waals surface area contributed by atoms with Crippen LogP contribution in [-0.4, -0.2) is 16.0 Å². The van der Waals surface area contributed by atoms with Gasteiger partial charge < -0.3 is 4.57 Å². The Balaban J connectivity index is 1.81. The second-order valence-electron chi connectivity index (χ2n) is 5.43. The normalized spacial score (nSPS) is 21.2. The first-order chi connectivity index (χ1) is 9.43. The summed E-state index contributed by atoms with van der Waals surface area (Å²) in [6.45, 7) is 2.21. The Morgan fingerprint density at radius 1 is 0.895 bits per heavy atom. The minimum atomic E-state index is 0.575. The molecule has 1 atom stereocenters. The van der Waals surface area contributed by atoms with Gasteiger partial charge in [0.25, 0.3) is 0 Å². The zero-order chi connectivity index (χ0) is 12.9. The number of aromatic nitrogens is 1. The summed E-state index contributed by atoms with van der Waals surface area (Å²) in [6, 6.07) is 15.8. The lowest BCUT2D eigenvalue weighted by Crippen LogP contribution is -2.30. The van der Waals surface area contributed by atoms with Gasteiger partial charge in [-0.3, -0.25) is 4.90 Å². The highest BCUT2D eigenvalue weighted by Crippen LogP contribution is 2.30. The molecule has 1 fully saturated rings. The van der Waals surface area contributed by atoms with Crippen LogP contribution in [0, 0.1) is 0 Å². The molecule has 0 bridgehead atoms. The Morgan fingerprint density at radius 3 is 2.47 bits per heavy atom. The van der Waals surface area contributed by atoms with Crippen LogP contribution in [0.25, 0.3) is 0 Å². The van der Waals surface area contributed by atoms with Gasteiger partial charge >= 0.3 is 0 Å². The number of likely N-dealkylation sites (tertiary alicyclic amines) is 1. The summed E-state index contributed by atoms with van der Waals surface area (Å²) in [5, 5.41) is 0. The number of rotatable bonds is 3. The van der Waals surface area contributed by atoms with Crippen molar-refractivity contribution in [3.8, 4) is 0 Å². The van der Waals surface area contributed by atoms with Crippen molar-refractivity contribution >= 4 is 0 Å². The molecule has 2 heteroatoms. The van der Waals surface area contributed by atoms with Crippen LogP contribution in [0.2, 0.25) is 0 Å². The molecule has 0 aliphatic carbocycles. The van der Waals surface area contributed by atoms with E-state index in [0.717, 1.165) is 6.67 Å². The molecule has 2 nitrogen and oxygen atoms in total. The second kappa shape index (κ2) is 6.07. The number of hydrogen-bond acceptors (Lipinski definition) is 1. The third-order valence-corrected chi connectivity index (χ3v) is 4.06. The summed E-state index contributed by atoms with van der Waals surface area (Å²) in [4.78, 5) is 2.63. The van der Waals surface area contributed by atoms with Gasteiger partial charge in [-0.05, 0) is 30.5 Å². The van der Waals surface area contributed by atoms with Crippen LogP contribution >= 0.6 is 0 Å². The van der Waals surface area contributed by atoms with E-state index in [4.69, 9.17) is 0 Å². The lowest BCUT2D eigenvalue weighted by molar-refractivity contribution is 0.155. The predicted molar refractivity (Wildman–Crippen MR) is 78.8 cm³/mol. The summed E-state index contributed by atoms with van der Waals surface area (Å²) in [6.07, 6.45) is 9.64. The van der Waals surface area contributed by atoms with E-state index in [-0.39, 0.29) is 0 Å². The molecular weight excluding hydrogens is 232 g/mol. The Labute approximate surface area is 115 Å². The van der Waals surface area contributed by atoms with E-state index in [1.807, 2.05) is 0 Å². The Bertz CT molecular complexity index is 475. The summed E-state index contributed by atoms with van der Waals surface area (Å²) < 4.78 is 2.28. The lowest BCUT2D eigenvalue weighted by atomic mass is 10.0. The van der Waals surface area contributed by atoms with Gasteiger partial charge in [0.05, 0.1) is 6.67 Å². The predicted octanol–water partition coefficient (Wildman–Crippen LogP) is 4.06. The monoisotopic (exact) mass is 254 g/mol. The molecule has 1 aromatic carbocycles. The minimum absolute atomic E-state index is 0.575. The molecule has 1 saturated heterocycles. The van der Waals surface area contributed by atoms with E-state index in [0.29, 0.717) is 6.04 Å². The smallest absolute Gasteiger partial charge is 0.0749 e. The number of benzene rings is 1. The van der Waals surface area contributed by atoms with Crippen LogP contribution < -0.4 is 0 Å².